The van der Waals surface area contributed by atoms with Crippen molar-refractivity contribution in [3.8, 4) is 17.3 Å². The molecule has 0 aliphatic heterocycles. The Labute approximate surface area is 130 Å². The minimum absolute atomic E-state index is 0.417. The summed E-state index contributed by atoms with van der Waals surface area (Å²) in [5.74, 6) is 1.34. The average molecular weight is 321 g/mol. The minimum atomic E-state index is 0.417. The molecule has 0 spiro atoms. The smallest absolute Gasteiger partial charge is 0.255 e. The average Bonchev–Trinajstić information content (AvgIpc) is 3.04. The van der Waals surface area contributed by atoms with E-state index in [0.717, 1.165) is 5.56 Å². The fourth-order valence-electron chi connectivity index (χ4n) is 1.73. The molecule has 0 bridgehead atoms. The fraction of sp³-hybridized carbons (Fsp3) is 0.0769. The summed E-state index contributed by atoms with van der Waals surface area (Å²) in [4.78, 5) is 13.0. The molecule has 106 valence electrons. The molecule has 3 aromatic rings. The molecule has 0 amide bonds. The fourth-order valence-corrected chi connectivity index (χ4v) is 2.03. The normalized spacial score (nSPS) is 10.6. The van der Waals surface area contributed by atoms with Gasteiger partial charge in [-0.3, -0.25) is 0 Å². The van der Waals surface area contributed by atoms with E-state index in [2.05, 4.69) is 25.4 Å². The molecular formula is C13H10Cl2N6. The van der Waals surface area contributed by atoms with E-state index < -0.39 is 0 Å². The van der Waals surface area contributed by atoms with Crippen LogP contribution < -0.4 is 5.32 Å². The Morgan fingerprint density at radius 3 is 2.62 bits per heavy atom. The van der Waals surface area contributed by atoms with Gasteiger partial charge in [0, 0.05) is 25.0 Å². The number of aromatic nitrogens is 5. The summed E-state index contributed by atoms with van der Waals surface area (Å²) in [5, 5.41) is 7.95. The van der Waals surface area contributed by atoms with Crippen molar-refractivity contribution in [2.75, 3.05) is 12.4 Å². The molecule has 0 atom stereocenters. The molecule has 3 rings (SSSR count). The summed E-state index contributed by atoms with van der Waals surface area (Å²) >= 11 is 12.0. The van der Waals surface area contributed by atoms with Gasteiger partial charge in [0.05, 0.1) is 10.0 Å². The van der Waals surface area contributed by atoms with E-state index in [1.54, 1.807) is 48.4 Å². The van der Waals surface area contributed by atoms with E-state index in [9.17, 15) is 0 Å². The molecule has 0 unspecified atom stereocenters. The van der Waals surface area contributed by atoms with Crippen LogP contribution in [0.15, 0.2) is 36.7 Å². The second-order valence-corrected chi connectivity index (χ2v) is 4.93. The van der Waals surface area contributed by atoms with E-state index >= 15 is 0 Å². The molecule has 2 aromatic heterocycles. The summed E-state index contributed by atoms with van der Waals surface area (Å²) in [6.45, 7) is 0. The summed E-state index contributed by atoms with van der Waals surface area (Å²) in [7, 11) is 1.74. The topological polar surface area (TPSA) is 68.5 Å². The van der Waals surface area contributed by atoms with Crippen molar-refractivity contribution in [2.24, 2.45) is 0 Å². The third-order valence-electron chi connectivity index (χ3n) is 2.73. The zero-order valence-corrected chi connectivity index (χ0v) is 12.5. The number of hydrogen-bond donors (Lipinski definition) is 1. The van der Waals surface area contributed by atoms with Crippen molar-refractivity contribution in [3.63, 3.8) is 0 Å². The van der Waals surface area contributed by atoms with Crippen LogP contribution in [0.4, 0.5) is 5.95 Å². The maximum Gasteiger partial charge on any atom is 0.255 e. The first-order chi connectivity index (χ1) is 10.2. The molecule has 8 heteroatoms. The van der Waals surface area contributed by atoms with Gasteiger partial charge in [-0.15, -0.1) is 0 Å². The van der Waals surface area contributed by atoms with Gasteiger partial charge >= 0.3 is 0 Å². The van der Waals surface area contributed by atoms with Crippen LogP contribution in [0.3, 0.4) is 0 Å². The molecule has 2 heterocycles. The first kappa shape index (κ1) is 13.8. The largest absolute Gasteiger partial charge is 0.357 e. The molecule has 0 aliphatic rings. The number of benzene rings is 1. The minimum Gasteiger partial charge on any atom is -0.357 e. The zero-order chi connectivity index (χ0) is 14.8. The quantitative estimate of drug-likeness (QED) is 0.803. The van der Waals surface area contributed by atoms with Gasteiger partial charge in [0.2, 0.25) is 5.95 Å². The predicted molar refractivity (Wildman–Crippen MR) is 82.0 cm³/mol. The van der Waals surface area contributed by atoms with Crippen LogP contribution in [0, 0.1) is 0 Å². The molecule has 0 fully saturated rings. The Kier molecular flexibility index (Phi) is 3.72. The van der Waals surface area contributed by atoms with Crippen LogP contribution in [-0.2, 0) is 0 Å². The second-order valence-electron chi connectivity index (χ2n) is 4.11. The van der Waals surface area contributed by atoms with Crippen LogP contribution in [0.25, 0.3) is 17.3 Å². The van der Waals surface area contributed by atoms with E-state index in [4.69, 9.17) is 23.2 Å². The number of hydrogen-bond acceptors (Lipinski definition) is 5. The Hall–Kier alpha value is -2.18. The van der Waals surface area contributed by atoms with Crippen molar-refractivity contribution >= 4 is 29.2 Å². The van der Waals surface area contributed by atoms with Crippen LogP contribution in [0.2, 0.25) is 10.0 Å². The van der Waals surface area contributed by atoms with E-state index in [1.165, 1.54) is 0 Å². The Balaban J connectivity index is 2.13. The van der Waals surface area contributed by atoms with Gasteiger partial charge in [0.15, 0.2) is 5.82 Å². The Morgan fingerprint density at radius 1 is 1.10 bits per heavy atom. The van der Waals surface area contributed by atoms with Gasteiger partial charge in [0.25, 0.3) is 5.95 Å². The van der Waals surface area contributed by atoms with Crippen molar-refractivity contribution < 1.29 is 0 Å². The van der Waals surface area contributed by atoms with Crippen LogP contribution >= 0.6 is 23.2 Å². The molecule has 0 saturated heterocycles. The van der Waals surface area contributed by atoms with Gasteiger partial charge in [0.1, 0.15) is 0 Å². The van der Waals surface area contributed by atoms with Crippen molar-refractivity contribution in [1.29, 1.82) is 0 Å². The number of nitrogens with one attached hydrogen (secondary N) is 1. The number of nitrogens with zero attached hydrogens (tertiary/aromatic N) is 5. The first-order valence-electron chi connectivity index (χ1n) is 6.06. The highest BCUT2D eigenvalue weighted by molar-refractivity contribution is 6.42. The maximum absolute atomic E-state index is 6.04. The van der Waals surface area contributed by atoms with E-state index in [-0.39, 0.29) is 0 Å². The van der Waals surface area contributed by atoms with Crippen LogP contribution in [-0.4, -0.2) is 31.8 Å². The van der Waals surface area contributed by atoms with Crippen LogP contribution in [0.5, 0.6) is 0 Å². The molecule has 0 aliphatic carbocycles. The van der Waals surface area contributed by atoms with Crippen LogP contribution in [0.1, 0.15) is 0 Å². The molecular weight excluding hydrogens is 311 g/mol. The molecule has 21 heavy (non-hydrogen) atoms. The highest BCUT2D eigenvalue weighted by Gasteiger charge is 2.11. The maximum atomic E-state index is 6.04. The second kappa shape index (κ2) is 5.67. The van der Waals surface area contributed by atoms with Gasteiger partial charge in [-0.25, -0.2) is 4.68 Å². The predicted octanol–water partition coefficient (Wildman–Crippen LogP) is 3.07. The third-order valence-corrected chi connectivity index (χ3v) is 3.47. The molecule has 6 nitrogen and oxygen atoms in total. The lowest BCUT2D eigenvalue weighted by Gasteiger charge is -2.07. The zero-order valence-electron chi connectivity index (χ0n) is 11.0. The number of halogens is 2. The summed E-state index contributed by atoms with van der Waals surface area (Å²) in [6.07, 6.45) is 3.41. The van der Waals surface area contributed by atoms with Crippen molar-refractivity contribution in [1.82, 2.24) is 24.7 Å². The molecule has 0 radical (unpaired) electrons. The Bertz CT molecular complexity index is 772. The Morgan fingerprint density at radius 2 is 1.95 bits per heavy atom. The summed E-state index contributed by atoms with van der Waals surface area (Å²) < 4.78 is 1.56. The van der Waals surface area contributed by atoms with Gasteiger partial charge in [-0.05, 0) is 24.3 Å². The molecule has 0 saturated carbocycles. The first-order valence-corrected chi connectivity index (χ1v) is 6.82. The molecule has 1 N–H and O–H groups in total. The van der Waals surface area contributed by atoms with Gasteiger partial charge < -0.3 is 5.32 Å². The lowest BCUT2D eigenvalue weighted by atomic mass is 10.2. The molecule has 1 aromatic carbocycles. The van der Waals surface area contributed by atoms with Gasteiger partial charge in [-0.2, -0.15) is 20.1 Å². The van der Waals surface area contributed by atoms with Gasteiger partial charge in [-0.1, -0.05) is 23.2 Å². The monoisotopic (exact) mass is 320 g/mol. The summed E-state index contributed by atoms with van der Waals surface area (Å²) in [5.41, 5.74) is 0.747. The van der Waals surface area contributed by atoms with Crippen molar-refractivity contribution in [3.05, 3.63) is 46.7 Å². The number of anilines is 1. The van der Waals surface area contributed by atoms with Crippen molar-refractivity contribution in [2.45, 2.75) is 0 Å². The van der Waals surface area contributed by atoms with E-state index in [1.807, 2.05) is 0 Å². The lowest BCUT2D eigenvalue weighted by Crippen LogP contribution is -2.08. The van der Waals surface area contributed by atoms with E-state index in [0.29, 0.717) is 27.8 Å². The standard InChI is InChI=1S/C13H10Cl2N6/c1-16-12-18-11(8-3-4-9(14)10(15)7-8)19-13(20-12)21-6-2-5-17-21/h2-7H,1H3,(H,16,18,19,20). The highest BCUT2D eigenvalue weighted by atomic mass is 35.5. The number of rotatable bonds is 3. The third kappa shape index (κ3) is 2.81. The SMILES string of the molecule is CNc1nc(-c2ccc(Cl)c(Cl)c2)nc(-n2cccn2)n1. The lowest BCUT2D eigenvalue weighted by molar-refractivity contribution is 0.800. The highest BCUT2D eigenvalue weighted by Crippen LogP contribution is 2.27. The summed E-state index contributed by atoms with van der Waals surface area (Å²) in [6, 6.07) is 7.01.